The minimum absolute atomic E-state index is 0. The van der Waals surface area contributed by atoms with Crippen molar-refractivity contribution < 1.29 is 30.4 Å². The van der Waals surface area contributed by atoms with Crippen molar-refractivity contribution in [1.29, 1.82) is 0 Å². The van der Waals surface area contributed by atoms with Crippen LogP contribution in [0.5, 0.6) is 11.5 Å². The molecule has 0 saturated carbocycles. The minimum Gasteiger partial charge on any atom is -0.510 e. The Kier molecular flexibility index (Phi) is 10.0. The van der Waals surface area contributed by atoms with Crippen LogP contribution in [0.1, 0.15) is 5.56 Å². The number of aromatic nitrogens is 3. The van der Waals surface area contributed by atoms with Crippen LogP contribution in [0.3, 0.4) is 0 Å². The van der Waals surface area contributed by atoms with E-state index in [1.807, 2.05) is 53.4 Å². The molecule has 306 valence electrons. The zero-order valence-corrected chi connectivity index (χ0v) is 36.6. The zero-order valence-electron chi connectivity index (χ0n) is 34.3. The van der Waals surface area contributed by atoms with Gasteiger partial charge in [0.05, 0.1) is 11.4 Å². The van der Waals surface area contributed by atoms with Gasteiger partial charge < -0.3 is 13.9 Å². The van der Waals surface area contributed by atoms with Crippen molar-refractivity contribution in [3.63, 3.8) is 0 Å². The molecular weight excluding hydrogens is 964 g/mol. The molecule has 2 aromatic heterocycles. The maximum Gasteiger partial charge on any atom is 0.267 e. The van der Waals surface area contributed by atoms with Gasteiger partial charge in [-0.15, -0.1) is 29.7 Å². The molecule has 1 aliphatic heterocycles. The number of para-hydroxylation sites is 3. The van der Waals surface area contributed by atoms with Crippen LogP contribution in [-0.2, 0) is 21.1 Å². The van der Waals surface area contributed by atoms with Crippen molar-refractivity contribution in [3.05, 3.63) is 243 Å². The van der Waals surface area contributed by atoms with Gasteiger partial charge in [0.15, 0.2) is 0 Å². The Bertz CT molecular complexity index is 3490. The molecule has 3 heterocycles. The predicted octanol–water partition coefficient (Wildman–Crippen LogP) is 13.7. The molecule has 11 aromatic rings. The third-order valence-electron chi connectivity index (χ3n) is 11.8. The van der Waals surface area contributed by atoms with Gasteiger partial charge in [-0.05, 0) is 62.2 Å². The first-order valence-electron chi connectivity index (χ1n) is 21.0. The summed E-state index contributed by atoms with van der Waals surface area (Å²) in [5.74, 6) is 1.95. The summed E-state index contributed by atoms with van der Waals surface area (Å²) in [5.41, 5.74) is 14.7. The summed E-state index contributed by atoms with van der Waals surface area (Å²) in [7, 11) is 0. The number of benzene rings is 9. The molecule has 0 fully saturated rings. The van der Waals surface area contributed by atoms with Gasteiger partial charge in [-0.25, -0.2) is 4.99 Å². The van der Waals surface area contributed by atoms with E-state index < -0.39 is 0 Å². The summed E-state index contributed by atoms with van der Waals surface area (Å²) in [6.07, 6.45) is 7.65. The fourth-order valence-electron chi connectivity index (χ4n) is 9.00. The zero-order chi connectivity index (χ0) is 41.7. The van der Waals surface area contributed by atoms with Crippen LogP contribution in [0.2, 0.25) is 0 Å². The molecule has 0 N–H and O–H groups in total. The van der Waals surface area contributed by atoms with E-state index in [4.69, 9.17) is 9.73 Å². The average molecular weight is 1000 g/mol. The maximum absolute atomic E-state index is 6.65. The molecule has 0 unspecified atom stereocenters. The molecule has 0 radical (unpaired) electrons. The SMILES string of the molecule is [Pt].[c-]1c(Oc2[c-]c3c(cc2)c2ccccc2n3C2=Nc3ccccc3-c3ccccc3-c3ccccc32)cccc1-n1[c-][n+](-c2c(-c3ccccc3)cccc2-c2ccccc2)cc1. The third kappa shape index (κ3) is 6.78. The van der Waals surface area contributed by atoms with E-state index in [0.717, 1.165) is 89.2 Å². The summed E-state index contributed by atoms with van der Waals surface area (Å²) in [4.78, 5) is 5.51. The number of ether oxygens (including phenoxy) is 1. The van der Waals surface area contributed by atoms with E-state index >= 15 is 0 Å². The molecule has 0 amide bonds. The van der Waals surface area contributed by atoms with Gasteiger partial charge >= 0.3 is 0 Å². The molecule has 1 aliphatic rings. The van der Waals surface area contributed by atoms with Crippen LogP contribution in [0.25, 0.3) is 77.7 Å². The first kappa shape index (κ1) is 39.0. The van der Waals surface area contributed by atoms with Gasteiger partial charge in [0.2, 0.25) is 0 Å². The van der Waals surface area contributed by atoms with Gasteiger partial charge in [-0.1, -0.05) is 169 Å². The second kappa shape index (κ2) is 16.4. The van der Waals surface area contributed by atoms with Gasteiger partial charge in [-0.3, -0.25) is 4.57 Å². The van der Waals surface area contributed by atoms with Crippen LogP contribution >= 0.6 is 0 Å². The summed E-state index contributed by atoms with van der Waals surface area (Å²) < 4.78 is 12.9. The van der Waals surface area contributed by atoms with Gasteiger partial charge in [0.1, 0.15) is 5.84 Å². The summed E-state index contributed by atoms with van der Waals surface area (Å²) in [6, 6.07) is 78.8. The topological polar surface area (TPSA) is 35.3 Å². The van der Waals surface area contributed by atoms with Crippen LogP contribution < -0.4 is 9.30 Å². The molecule has 9 aromatic carbocycles. The van der Waals surface area contributed by atoms with Gasteiger partial charge in [0.25, 0.3) is 6.33 Å². The van der Waals surface area contributed by atoms with Crippen LogP contribution in [0, 0.1) is 18.5 Å². The fraction of sp³-hybridized carbons (Fsp3) is 0. The van der Waals surface area contributed by atoms with Crippen molar-refractivity contribution in [3.8, 4) is 67.4 Å². The molecule has 5 nitrogen and oxygen atoms in total. The predicted molar refractivity (Wildman–Crippen MR) is 253 cm³/mol. The van der Waals surface area contributed by atoms with E-state index in [0.29, 0.717) is 11.5 Å². The maximum atomic E-state index is 6.65. The van der Waals surface area contributed by atoms with Crippen LogP contribution in [-0.4, -0.2) is 15.0 Å². The molecule has 6 heteroatoms. The number of hydrogen-bond acceptors (Lipinski definition) is 2. The van der Waals surface area contributed by atoms with E-state index in [2.05, 4.69) is 197 Å². The second-order valence-electron chi connectivity index (χ2n) is 15.6. The molecule has 0 spiro atoms. The second-order valence-corrected chi connectivity index (χ2v) is 15.6. The standard InChI is InChI=1S/C58H36N4O.Pt/c1-3-17-40(18-4-1)45-29-16-30-46(41-19-5-2-6-20-41)57(45)61-36-35-60(39-61)42-21-15-22-43(37-42)63-44-33-34-52-51-27-12-14-32-55(51)62(56(52)38-44)58-53-28-10-9-25-49(53)47-23-7-8-24-48(47)50-26-11-13-31-54(50)59-58;/h1-36H;/q-2;. The largest absolute Gasteiger partial charge is 0.510 e. The van der Waals surface area contributed by atoms with Crippen LogP contribution in [0.4, 0.5) is 5.69 Å². The molecule has 12 rings (SSSR count). The third-order valence-corrected chi connectivity index (χ3v) is 11.8. The summed E-state index contributed by atoms with van der Waals surface area (Å²) >= 11 is 0. The van der Waals surface area contributed by atoms with Crippen molar-refractivity contribution in [2.75, 3.05) is 0 Å². The molecule has 0 saturated heterocycles. The molecular formula is C58H36N4OPt-2. The smallest absolute Gasteiger partial charge is 0.267 e. The Labute approximate surface area is 385 Å². The normalized spacial score (nSPS) is 11.7. The van der Waals surface area contributed by atoms with E-state index in [-0.39, 0.29) is 21.1 Å². The van der Waals surface area contributed by atoms with E-state index in [1.165, 1.54) is 5.56 Å². The first-order chi connectivity index (χ1) is 31.2. The molecule has 0 aliphatic carbocycles. The molecule has 0 bridgehead atoms. The number of fused-ring (bicyclic) bond motifs is 8. The van der Waals surface area contributed by atoms with Crippen LogP contribution in [0.15, 0.2) is 224 Å². The van der Waals surface area contributed by atoms with Crippen molar-refractivity contribution >= 4 is 33.3 Å². The minimum atomic E-state index is 0. The molecule has 64 heavy (non-hydrogen) atoms. The van der Waals surface area contributed by atoms with E-state index in [1.54, 1.807) is 0 Å². The van der Waals surface area contributed by atoms with Crippen molar-refractivity contribution in [2.45, 2.75) is 0 Å². The Hall–Kier alpha value is -7.85. The van der Waals surface area contributed by atoms with E-state index in [9.17, 15) is 0 Å². The van der Waals surface area contributed by atoms with Crippen molar-refractivity contribution in [1.82, 2.24) is 9.13 Å². The van der Waals surface area contributed by atoms with Gasteiger partial charge in [0, 0.05) is 61.6 Å². The molecule has 0 atom stereocenters. The number of hydrogen-bond donors (Lipinski definition) is 0. The summed E-state index contributed by atoms with van der Waals surface area (Å²) in [6.45, 7) is 0. The Balaban J connectivity index is 0.00000456. The average Bonchev–Trinajstić information content (AvgIpc) is 3.97. The fourth-order valence-corrected chi connectivity index (χ4v) is 9.00. The Morgan fingerprint density at radius 3 is 1.75 bits per heavy atom. The first-order valence-corrected chi connectivity index (χ1v) is 21.0. The number of rotatable bonds is 6. The number of nitrogens with zero attached hydrogens (tertiary/aromatic N) is 4. The quantitative estimate of drug-likeness (QED) is 0.121. The van der Waals surface area contributed by atoms with Crippen molar-refractivity contribution in [2.24, 2.45) is 4.99 Å². The number of imidazole rings is 1. The summed E-state index contributed by atoms with van der Waals surface area (Å²) in [5, 5.41) is 2.17. The Morgan fingerprint density at radius 1 is 0.453 bits per heavy atom. The monoisotopic (exact) mass is 999 g/mol. The number of aliphatic imine (C=N–C) groups is 1. The van der Waals surface area contributed by atoms with Gasteiger partial charge in [-0.2, -0.15) is 18.2 Å². The Morgan fingerprint density at radius 2 is 1.02 bits per heavy atom.